The van der Waals surface area contributed by atoms with Crippen LogP contribution in [0.3, 0.4) is 0 Å². The molecule has 0 unspecified atom stereocenters. The SMILES string of the molecule is NC(=NO)C1(C(=O)NCCC2CC2)CCCCC1. The molecule has 2 rings (SSSR count). The molecule has 0 aromatic rings. The number of nitrogens with zero attached hydrogens (tertiary/aromatic N) is 1. The molecule has 4 N–H and O–H groups in total. The van der Waals surface area contributed by atoms with Crippen LogP contribution in [0.5, 0.6) is 0 Å². The predicted molar refractivity (Wildman–Crippen MR) is 69.3 cm³/mol. The van der Waals surface area contributed by atoms with Gasteiger partial charge in [0.1, 0.15) is 5.41 Å². The Labute approximate surface area is 108 Å². The fourth-order valence-electron chi connectivity index (χ4n) is 2.82. The van der Waals surface area contributed by atoms with Gasteiger partial charge in [-0.25, -0.2) is 0 Å². The molecule has 0 atom stereocenters. The summed E-state index contributed by atoms with van der Waals surface area (Å²) >= 11 is 0. The summed E-state index contributed by atoms with van der Waals surface area (Å²) in [5.74, 6) is 0.820. The van der Waals surface area contributed by atoms with Crippen LogP contribution < -0.4 is 11.1 Å². The second-order valence-corrected chi connectivity index (χ2v) is 5.62. The topological polar surface area (TPSA) is 87.7 Å². The van der Waals surface area contributed by atoms with E-state index in [4.69, 9.17) is 10.9 Å². The van der Waals surface area contributed by atoms with Crippen molar-refractivity contribution in [3.05, 3.63) is 0 Å². The molecular weight excluding hydrogens is 230 g/mol. The zero-order valence-electron chi connectivity index (χ0n) is 10.8. The maximum atomic E-state index is 12.3. The van der Waals surface area contributed by atoms with E-state index in [1.807, 2.05) is 0 Å². The third-order valence-corrected chi connectivity index (χ3v) is 4.27. The molecule has 0 aromatic heterocycles. The molecule has 0 aromatic carbocycles. The first-order valence-corrected chi connectivity index (χ1v) is 6.95. The lowest BCUT2D eigenvalue weighted by atomic mass is 9.72. The molecule has 18 heavy (non-hydrogen) atoms. The Morgan fingerprint density at radius 1 is 1.33 bits per heavy atom. The van der Waals surface area contributed by atoms with E-state index in [-0.39, 0.29) is 11.7 Å². The molecule has 0 radical (unpaired) electrons. The number of oxime groups is 1. The van der Waals surface area contributed by atoms with E-state index in [1.165, 1.54) is 12.8 Å². The summed E-state index contributed by atoms with van der Waals surface area (Å²) in [7, 11) is 0. The maximum Gasteiger partial charge on any atom is 0.233 e. The average Bonchev–Trinajstić information content (AvgIpc) is 3.22. The van der Waals surface area contributed by atoms with Crippen molar-refractivity contribution in [2.45, 2.75) is 51.4 Å². The molecule has 0 spiro atoms. The minimum Gasteiger partial charge on any atom is -0.409 e. The lowest BCUT2D eigenvalue weighted by molar-refractivity contribution is -0.129. The van der Waals surface area contributed by atoms with Gasteiger partial charge in [-0.15, -0.1) is 0 Å². The number of hydrogen-bond donors (Lipinski definition) is 3. The van der Waals surface area contributed by atoms with Gasteiger partial charge in [-0.2, -0.15) is 0 Å². The number of amidine groups is 1. The maximum absolute atomic E-state index is 12.3. The highest BCUT2D eigenvalue weighted by atomic mass is 16.4. The van der Waals surface area contributed by atoms with Crippen LogP contribution in [0.25, 0.3) is 0 Å². The monoisotopic (exact) mass is 253 g/mol. The Bertz CT molecular complexity index is 331. The van der Waals surface area contributed by atoms with Gasteiger partial charge in [0.25, 0.3) is 0 Å². The van der Waals surface area contributed by atoms with Gasteiger partial charge < -0.3 is 16.3 Å². The van der Waals surface area contributed by atoms with Crippen molar-refractivity contribution in [3.63, 3.8) is 0 Å². The summed E-state index contributed by atoms with van der Waals surface area (Å²) in [5, 5.41) is 15.0. The molecule has 2 saturated carbocycles. The quantitative estimate of drug-likeness (QED) is 0.301. The highest BCUT2D eigenvalue weighted by Gasteiger charge is 2.43. The van der Waals surface area contributed by atoms with E-state index in [1.54, 1.807) is 0 Å². The standard InChI is InChI=1S/C13H23N3O2/c14-11(16-18)13(7-2-1-3-8-13)12(17)15-9-6-10-4-5-10/h10,18H,1-9H2,(H2,14,16)(H,15,17). The fraction of sp³-hybridized carbons (Fsp3) is 0.846. The number of nitrogens with one attached hydrogen (secondary N) is 1. The molecule has 5 heteroatoms. The summed E-state index contributed by atoms with van der Waals surface area (Å²) < 4.78 is 0. The van der Waals surface area contributed by atoms with E-state index in [0.29, 0.717) is 19.4 Å². The Morgan fingerprint density at radius 3 is 2.56 bits per heavy atom. The molecule has 0 bridgehead atoms. The highest BCUT2D eigenvalue weighted by molar-refractivity contribution is 6.06. The number of amides is 1. The molecule has 0 heterocycles. The smallest absolute Gasteiger partial charge is 0.233 e. The van der Waals surface area contributed by atoms with Gasteiger partial charge in [-0.3, -0.25) is 4.79 Å². The van der Waals surface area contributed by atoms with Crippen LogP contribution in [0.15, 0.2) is 5.16 Å². The first-order valence-electron chi connectivity index (χ1n) is 6.95. The van der Waals surface area contributed by atoms with Crippen molar-refractivity contribution in [1.29, 1.82) is 0 Å². The zero-order valence-corrected chi connectivity index (χ0v) is 10.8. The minimum atomic E-state index is -0.767. The van der Waals surface area contributed by atoms with Gasteiger partial charge in [0, 0.05) is 6.54 Å². The van der Waals surface area contributed by atoms with Gasteiger partial charge in [-0.1, -0.05) is 37.3 Å². The van der Waals surface area contributed by atoms with E-state index in [9.17, 15) is 4.79 Å². The Kier molecular flexibility index (Phi) is 4.09. The molecule has 0 aliphatic heterocycles. The van der Waals surface area contributed by atoms with Crippen LogP contribution in [0.1, 0.15) is 51.4 Å². The van der Waals surface area contributed by atoms with Crippen LogP contribution in [0.4, 0.5) is 0 Å². The van der Waals surface area contributed by atoms with Crippen LogP contribution in [0, 0.1) is 11.3 Å². The number of carbonyl (C=O) groups is 1. The third kappa shape index (κ3) is 2.76. The molecule has 2 fully saturated rings. The lowest BCUT2D eigenvalue weighted by Crippen LogP contribution is -2.51. The number of hydrogen-bond acceptors (Lipinski definition) is 3. The predicted octanol–water partition coefficient (Wildman–Crippen LogP) is 1.60. The average molecular weight is 253 g/mol. The van der Waals surface area contributed by atoms with E-state index >= 15 is 0 Å². The Balaban J connectivity index is 1.95. The van der Waals surface area contributed by atoms with Gasteiger partial charge in [0.2, 0.25) is 5.91 Å². The highest BCUT2D eigenvalue weighted by Crippen LogP contribution is 2.37. The lowest BCUT2D eigenvalue weighted by Gasteiger charge is -2.34. The van der Waals surface area contributed by atoms with Crippen molar-refractivity contribution in [3.8, 4) is 0 Å². The van der Waals surface area contributed by atoms with Crippen LogP contribution in [-0.4, -0.2) is 23.5 Å². The Hall–Kier alpha value is -1.26. The molecule has 102 valence electrons. The van der Waals surface area contributed by atoms with Crippen LogP contribution in [0.2, 0.25) is 0 Å². The van der Waals surface area contributed by atoms with Gasteiger partial charge in [0.05, 0.1) is 0 Å². The summed E-state index contributed by atoms with van der Waals surface area (Å²) in [6, 6.07) is 0. The van der Waals surface area contributed by atoms with Crippen molar-refractivity contribution >= 4 is 11.7 Å². The van der Waals surface area contributed by atoms with Gasteiger partial charge >= 0.3 is 0 Å². The molecule has 2 aliphatic carbocycles. The van der Waals surface area contributed by atoms with Crippen molar-refractivity contribution in [1.82, 2.24) is 5.32 Å². The molecule has 1 amide bonds. The van der Waals surface area contributed by atoms with Crippen LogP contribution >= 0.6 is 0 Å². The normalized spacial score (nSPS) is 23.7. The minimum absolute atomic E-state index is 0.0573. The van der Waals surface area contributed by atoms with Crippen molar-refractivity contribution in [2.75, 3.05) is 6.54 Å². The first kappa shape index (κ1) is 13.2. The number of carbonyl (C=O) groups excluding carboxylic acids is 1. The number of nitrogens with two attached hydrogens (primary N) is 1. The second kappa shape index (κ2) is 5.59. The molecular formula is C13H23N3O2. The number of rotatable bonds is 5. The van der Waals surface area contributed by atoms with Crippen LogP contribution in [-0.2, 0) is 4.79 Å². The van der Waals surface area contributed by atoms with Crippen molar-refractivity contribution in [2.24, 2.45) is 22.2 Å². The Morgan fingerprint density at radius 2 is 2.00 bits per heavy atom. The summed E-state index contributed by atoms with van der Waals surface area (Å²) in [6.45, 7) is 0.712. The largest absolute Gasteiger partial charge is 0.409 e. The van der Waals surface area contributed by atoms with E-state index in [0.717, 1.165) is 31.6 Å². The molecule has 5 nitrogen and oxygen atoms in total. The summed E-state index contributed by atoms with van der Waals surface area (Å²) in [4.78, 5) is 12.3. The zero-order chi connectivity index (χ0) is 13.0. The van der Waals surface area contributed by atoms with Crippen molar-refractivity contribution < 1.29 is 10.0 Å². The second-order valence-electron chi connectivity index (χ2n) is 5.62. The summed E-state index contributed by atoms with van der Waals surface area (Å²) in [6.07, 6.45) is 8.07. The molecule has 0 saturated heterocycles. The van der Waals surface area contributed by atoms with Gasteiger partial charge in [0.15, 0.2) is 5.84 Å². The fourth-order valence-corrected chi connectivity index (χ4v) is 2.82. The molecule has 2 aliphatic rings. The van der Waals surface area contributed by atoms with Gasteiger partial charge in [-0.05, 0) is 25.2 Å². The van der Waals surface area contributed by atoms with E-state index in [2.05, 4.69) is 10.5 Å². The first-order chi connectivity index (χ1) is 8.69. The van der Waals surface area contributed by atoms with E-state index < -0.39 is 5.41 Å². The third-order valence-electron chi connectivity index (χ3n) is 4.27. The summed E-state index contributed by atoms with van der Waals surface area (Å²) in [5.41, 5.74) is 5.00.